The number of rotatable bonds is 3. The van der Waals surface area contributed by atoms with Gasteiger partial charge in [-0.3, -0.25) is 4.79 Å². The number of thiophene rings is 1. The summed E-state index contributed by atoms with van der Waals surface area (Å²) in [5.74, 6) is 0.0326. The van der Waals surface area contributed by atoms with E-state index < -0.39 is 9.84 Å². The second kappa shape index (κ2) is 3.82. The SMILES string of the molecule is CCS(=O)(=O)c1c(C)sc(C)c1C=O. The Labute approximate surface area is 87.7 Å². The van der Waals surface area contributed by atoms with Crippen LogP contribution in [0.2, 0.25) is 0 Å². The molecule has 78 valence electrons. The standard InChI is InChI=1S/C9H12O3S2/c1-4-14(11,12)9-7(3)13-6(2)8(9)5-10/h5H,4H2,1-3H3. The predicted molar refractivity (Wildman–Crippen MR) is 56.9 cm³/mol. The zero-order valence-electron chi connectivity index (χ0n) is 8.33. The zero-order chi connectivity index (χ0) is 10.9. The van der Waals surface area contributed by atoms with E-state index in [-0.39, 0.29) is 10.6 Å². The molecule has 0 unspecified atom stereocenters. The molecule has 0 saturated heterocycles. The van der Waals surface area contributed by atoms with Crippen molar-refractivity contribution in [3.05, 3.63) is 15.3 Å². The van der Waals surface area contributed by atoms with E-state index >= 15 is 0 Å². The fraction of sp³-hybridized carbons (Fsp3) is 0.444. The third-order valence-corrected chi connectivity index (χ3v) is 5.13. The van der Waals surface area contributed by atoms with E-state index in [4.69, 9.17) is 0 Å². The third kappa shape index (κ3) is 1.74. The molecule has 0 radical (unpaired) electrons. The molecular weight excluding hydrogens is 220 g/mol. The van der Waals surface area contributed by atoms with E-state index in [1.165, 1.54) is 11.3 Å². The summed E-state index contributed by atoms with van der Waals surface area (Å²) in [6.07, 6.45) is 0.626. The van der Waals surface area contributed by atoms with Crippen LogP contribution in [0.1, 0.15) is 27.0 Å². The van der Waals surface area contributed by atoms with E-state index in [0.29, 0.717) is 16.7 Å². The number of carbonyl (C=O) groups excluding carboxylic acids is 1. The minimum atomic E-state index is -3.27. The summed E-state index contributed by atoms with van der Waals surface area (Å²) in [5.41, 5.74) is 0.328. The second-order valence-corrected chi connectivity index (χ2v) is 6.62. The van der Waals surface area contributed by atoms with Crippen molar-refractivity contribution >= 4 is 27.5 Å². The molecule has 0 aliphatic carbocycles. The molecule has 0 spiro atoms. The van der Waals surface area contributed by atoms with Gasteiger partial charge in [-0.1, -0.05) is 6.92 Å². The molecule has 14 heavy (non-hydrogen) atoms. The lowest BCUT2D eigenvalue weighted by Crippen LogP contribution is -2.06. The Balaban J connectivity index is 3.56. The van der Waals surface area contributed by atoms with E-state index in [1.54, 1.807) is 20.8 Å². The summed E-state index contributed by atoms with van der Waals surface area (Å²) in [7, 11) is -3.27. The van der Waals surface area contributed by atoms with Gasteiger partial charge in [0.2, 0.25) is 0 Å². The van der Waals surface area contributed by atoms with Crippen molar-refractivity contribution in [2.75, 3.05) is 5.75 Å². The van der Waals surface area contributed by atoms with Gasteiger partial charge in [-0.2, -0.15) is 0 Å². The summed E-state index contributed by atoms with van der Waals surface area (Å²) in [4.78, 5) is 12.5. The first-order valence-electron chi connectivity index (χ1n) is 4.22. The first-order valence-corrected chi connectivity index (χ1v) is 6.68. The van der Waals surface area contributed by atoms with Crippen LogP contribution in [0.4, 0.5) is 0 Å². The van der Waals surface area contributed by atoms with Crippen LogP contribution in [-0.2, 0) is 9.84 Å². The summed E-state index contributed by atoms with van der Waals surface area (Å²) in [6, 6.07) is 0. The van der Waals surface area contributed by atoms with Gasteiger partial charge in [-0.05, 0) is 13.8 Å². The molecule has 0 saturated carbocycles. The molecule has 0 atom stereocenters. The van der Waals surface area contributed by atoms with Gasteiger partial charge in [0, 0.05) is 15.3 Å². The highest BCUT2D eigenvalue weighted by Gasteiger charge is 2.23. The maximum Gasteiger partial charge on any atom is 0.179 e. The van der Waals surface area contributed by atoms with Gasteiger partial charge >= 0.3 is 0 Å². The summed E-state index contributed by atoms with van der Waals surface area (Å²) < 4.78 is 23.3. The average molecular weight is 232 g/mol. The Morgan fingerprint density at radius 1 is 1.29 bits per heavy atom. The Morgan fingerprint density at radius 2 is 1.86 bits per heavy atom. The maximum absolute atomic E-state index is 11.7. The van der Waals surface area contributed by atoms with Gasteiger partial charge in [0.1, 0.15) is 0 Å². The van der Waals surface area contributed by atoms with Gasteiger partial charge in [0.15, 0.2) is 16.1 Å². The van der Waals surface area contributed by atoms with Crippen molar-refractivity contribution in [3.8, 4) is 0 Å². The zero-order valence-corrected chi connectivity index (χ0v) is 9.96. The number of hydrogen-bond donors (Lipinski definition) is 0. The van der Waals surface area contributed by atoms with Crippen LogP contribution in [0.3, 0.4) is 0 Å². The van der Waals surface area contributed by atoms with Crippen LogP contribution in [0, 0.1) is 13.8 Å². The van der Waals surface area contributed by atoms with Gasteiger partial charge in [-0.15, -0.1) is 11.3 Å². The Morgan fingerprint density at radius 3 is 2.29 bits per heavy atom. The lowest BCUT2D eigenvalue weighted by Gasteiger charge is -2.00. The first-order chi connectivity index (χ1) is 6.44. The molecule has 1 aromatic rings. The minimum absolute atomic E-state index is 0.0326. The lowest BCUT2D eigenvalue weighted by molar-refractivity contribution is 0.112. The number of hydrogen-bond acceptors (Lipinski definition) is 4. The normalized spacial score (nSPS) is 11.6. The van der Waals surface area contributed by atoms with Gasteiger partial charge < -0.3 is 0 Å². The average Bonchev–Trinajstić information content (AvgIpc) is 2.40. The largest absolute Gasteiger partial charge is 0.298 e. The Hall–Kier alpha value is -0.680. The highest BCUT2D eigenvalue weighted by atomic mass is 32.2. The number of aldehydes is 1. The van der Waals surface area contributed by atoms with Crippen molar-refractivity contribution < 1.29 is 13.2 Å². The summed E-state index contributed by atoms with van der Waals surface area (Å²) in [5, 5.41) is 0. The molecule has 0 aromatic carbocycles. The maximum atomic E-state index is 11.7. The summed E-state index contributed by atoms with van der Waals surface area (Å²) >= 11 is 1.35. The highest BCUT2D eigenvalue weighted by molar-refractivity contribution is 7.91. The van der Waals surface area contributed by atoms with Gasteiger partial charge in [0.05, 0.1) is 10.6 Å². The van der Waals surface area contributed by atoms with Crippen LogP contribution in [0.5, 0.6) is 0 Å². The summed E-state index contributed by atoms with van der Waals surface area (Å²) in [6.45, 7) is 5.07. The molecule has 0 aliphatic heterocycles. The Kier molecular flexibility index (Phi) is 3.11. The highest BCUT2D eigenvalue weighted by Crippen LogP contribution is 2.30. The van der Waals surface area contributed by atoms with Crippen LogP contribution in [-0.4, -0.2) is 20.5 Å². The predicted octanol–water partition coefficient (Wildman–Crippen LogP) is 1.97. The smallest absolute Gasteiger partial charge is 0.179 e. The number of carbonyl (C=O) groups is 1. The molecule has 0 N–H and O–H groups in total. The topological polar surface area (TPSA) is 51.2 Å². The number of aryl methyl sites for hydroxylation is 2. The molecule has 0 aliphatic rings. The minimum Gasteiger partial charge on any atom is -0.298 e. The molecule has 1 aromatic heterocycles. The quantitative estimate of drug-likeness (QED) is 0.749. The molecular formula is C9H12O3S2. The van der Waals surface area contributed by atoms with E-state index in [9.17, 15) is 13.2 Å². The van der Waals surface area contributed by atoms with Crippen molar-refractivity contribution in [1.29, 1.82) is 0 Å². The first kappa shape index (κ1) is 11.4. The van der Waals surface area contributed by atoms with Gasteiger partial charge in [-0.25, -0.2) is 8.42 Å². The molecule has 3 nitrogen and oxygen atoms in total. The van der Waals surface area contributed by atoms with Crippen LogP contribution < -0.4 is 0 Å². The van der Waals surface area contributed by atoms with E-state index in [1.807, 2.05) is 0 Å². The fourth-order valence-electron chi connectivity index (χ4n) is 1.35. The fourth-order valence-corrected chi connectivity index (χ4v) is 4.10. The molecule has 0 bridgehead atoms. The molecule has 0 amide bonds. The second-order valence-electron chi connectivity index (χ2n) is 2.98. The molecule has 0 fully saturated rings. The number of sulfone groups is 1. The van der Waals surface area contributed by atoms with Crippen molar-refractivity contribution in [3.63, 3.8) is 0 Å². The van der Waals surface area contributed by atoms with Crippen LogP contribution in [0.15, 0.2) is 4.90 Å². The molecule has 5 heteroatoms. The van der Waals surface area contributed by atoms with Crippen molar-refractivity contribution in [2.24, 2.45) is 0 Å². The van der Waals surface area contributed by atoms with Crippen LogP contribution in [0.25, 0.3) is 0 Å². The van der Waals surface area contributed by atoms with Crippen molar-refractivity contribution in [1.82, 2.24) is 0 Å². The lowest BCUT2D eigenvalue weighted by atomic mass is 10.3. The monoisotopic (exact) mass is 232 g/mol. The van der Waals surface area contributed by atoms with E-state index in [0.717, 1.165) is 4.88 Å². The Bertz CT molecular complexity index is 455. The van der Waals surface area contributed by atoms with Crippen molar-refractivity contribution in [2.45, 2.75) is 25.7 Å². The van der Waals surface area contributed by atoms with Crippen LogP contribution >= 0.6 is 11.3 Å². The third-order valence-electron chi connectivity index (χ3n) is 2.06. The van der Waals surface area contributed by atoms with E-state index in [2.05, 4.69) is 0 Å². The molecule has 1 rings (SSSR count). The molecule has 1 heterocycles. The van der Waals surface area contributed by atoms with Gasteiger partial charge in [0.25, 0.3) is 0 Å².